The highest BCUT2D eigenvalue weighted by atomic mass is 32.1. The van der Waals surface area contributed by atoms with Crippen LogP contribution in [-0.2, 0) is 0 Å². The van der Waals surface area contributed by atoms with Gasteiger partial charge in [0.15, 0.2) is 5.65 Å². The number of hydrogen-bond donors (Lipinski definition) is 1. The molecule has 3 aromatic heterocycles. The molecule has 0 fully saturated rings. The predicted octanol–water partition coefficient (Wildman–Crippen LogP) is 1.78. The Hall–Kier alpha value is -1.82. The third-order valence-electron chi connectivity index (χ3n) is 2.05. The van der Waals surface area contributed by atoms with E-state index in [9.17, 15) is 0 Å². The highest BCUT2D eigenvalue weighted by Gasteiger charge is 2.10. The molecule has 0 aliphatic heterocycles. The zero-order chi connectivity index (χ0) is 10.3. The van der Waals surface area contributed by atoms with Gasteiger partial charge in [-0.1, -0.05) is 0 Å². The van der Waals surface area contributed by atoms with E-state index < -0.39 is 0 Å². The van der Waals surface area contributed by atoms with Gasteiger partial charge in [0.25, 0.3) is 0 Å². The van der Waals surface area contributed by atoms with E-state index in [1.807, 2.05) is 13.1 Å². The molecule has 0 spiro atoms. The second-order valence-corrected chi connectivity index (χ2v) is 4.33. The molecule has 0 aliphatic rings. The van der Waals surface area contributed by atoms with Gasteiger partial charge in [0.1, 0.15) is 22.5 Å². The molecular formula is C9H7N5S. The van der Waals surface area contributed by atoms with Crippen molar-refractivity contribution in [3.05, 3.63) is 23.7 Å². The molecule has 0 saturated carbocycles. The highest BCUT2D eigenvalue weighted by Crippen LogP contribution is 2.26. The number of hydrogen-bond acceptors (Lipinski definition) is 5. The Labute approximate surface area is 89.3 Å². The summed E-state index contributed by atoms with van der Waals surface area (Å²) in [6.07, 6.45) is 4.96. The first-order valence-electron chi connectivity index (χ1n) is 4.41. The average molecular weight is 217 g/mol. The second-order valence-electron chi connectivity index (χ2n) is 3.10. The molecule has 0 amide bonds. The van der Waals surface area contributed by atoms with E-state index in [-0.39, 0.29) is 0 Å². The van der Waals surface area contributed by atoms with E-state index in [2.05, 4.69) is 24.9 Å². The summed E-state index contributed by atoms with van der Waals surface area (Å²) < 4.78 is 0. The van der Waals surface area contributed by atoms with Crippen LogP contribution in [0.5, 0.6) is 0 Å². The molecule has 0 unspecified atom stereocenters. The molecule has 0 bridgehead atoms. The van der Waals surface area contributed by atoms with Crippen LogP contribution in [0.1, 0.15) is 4.88 Å². The van der Waals surface area contributed by atoms with Gasteiger partial charge in [0, 0.05) is 11.1 Å². The standard InChI is InChI=1S/C9H7N5S/c1-5-2-10-9(15-5)7-6-8(13-3-11-6)14-4-12-7/h2-4H,1H3,(H,11,12,13,14). The van der Waals surface area contributed by atoms with Gasteiger partial charge < -0.3 is 4.98 Å². The monoisotopic (exact) mass is 217 g/mol. The van der Waals surface area contributed by atoms with Gasteiger partial charge in [0.2, 0.25) is 0 Å². The summed E-state index contributed by atoms with van der Waals surface area (Å²) in [5, 5.41) is 0.893. The van der Waals surface area contributed by atoms with E-state index in [0.717, 1.165) is 21.1 Å². The van der Waals surface area contributed by atoms with Crippen LogP contribution in [-0.4, -0.2) is 24.9 Å². The molecule has 15 heavy (non-hydrogen) atoms. The summed E-state index contributed by atoms with van der Waals surface area (Å²) in [4.78, 5) is 20.9. The zero-order valence-electron chi connectivity index (χ0n) is 7.93. The lowest BCUT2D eigenvalue weighted by Gasteiger charge is -1.95. The number of aromatic amines is 1. The minimum absolute atomic E-state index is 0.674. The number of nitrogens with zero attached hydrogens (tertiary/aromatic N) is 4. The van der Waals surface area contributed by atoms with Crippen molar-refractivity contribution < 1.29 is 0 Å². The van der Waals surface area contributed by atoms with Crippen LogP contribution in [0.25, 0.3) is 21.9 Å². The van der Waals surface area contributed by atoms with E-state index in [4.69, 9.17) is 0 Å². The van der Waals surface area contributed by atoms with Crippen LogP contribution in [0, 0.1) is 6.92 Å². The zero-order valence-corrected chi connectivity index (χ0v) is 8.75. The Morgan fingerprint density at radius 3 is 2.93 bits per heavy atom. The van der Waals surface area contributed by atoms with Gasteiger partial charge in [-0.3, -0.25) is 0 Å². The number of imidazole rings is 1. The molecule has 6 heteroatoms. The lowest BCUT2D eigenvalue weighted by Crippen LogP contribution is -1.86. The van der Waals surface area contributed by atoms with Gasteiger partial charge in [-0.25, -0.2) is 19.9 Å². The first-order valence-corrected chi connectivity index (χ1v) is 5.23. The van der Waals surface area contributed by atoms with E-state index >= 15 is 0 Å². The highest BCUT2D eigenvalue weighted by molar-refractivity contribution is 7.15. The van der Waals surface area contributed by atoms with Crippen LogP contribution < -0.4 is 0 Å². The number of fused-ring (bicyclic) bond motifs is 1. The molecule has 0 aliphatic carbocycles. The first kappa shape index (κ1) is 8.49. The molecule has 0 aromatic carbocycles. The van der Waals surface area contributed by atoms with E-state index in [0.29, 0.717) is 5.65 Å². The molecule has 1 N–H and O–H groups in total. The molecule has 0 radical (unpaired) electrons. The number of thiazole rings is 1. The van der Waals surface area contributed by atoms with Gasteiger partial charge in [-0.2, -0.15) is 0 Å². The van der Waals surface area contributed by atoms with Crippen LogP contribution in [0.4, 0.5) is 0 Å². The maximum Gasteiger partial charge on any atom is 0.181 e. The molecule has 3 rings (SSSR count). The minimum Gasteiger partial charge on any atom is -0.341 e. The van der Waals surface area contributed by atoms with E-state index in [1.54, 1.807) is 17.7 Å². The average Bonchev–Trinajstić information content (AvgIpc) is 2.84. The second kappa shape index (κ2) is 3.09. The molecule has 3 heterocycles. The molecule has 74 valence electrons. The van der Waals surface area contributed by atoms with Crippen molar-refractivity contribution in [2.75, 3.05) is 0 Å². The molecular weight excluding hydrogens is 210 g/mol. The Morgan fingerprint density at radius 2 is 2.13 bits per heavy atom. The fourth-order valence-electron chi connectivity index (χ4n) is 1.39. The van der Waals surface area contributed by atoms with Crippen molar-refractivity contribution in [2.45, 2.75) is 6.92 Å². The summed E-state index contributed by atoms with van der Waals surface area (Å²) in [6.45, 7) is 2.02. The van der Waals surface area contributed by atoms with Crippen molar-refractivity contribution in [3.8, 4) is 10.7 Å². The molecule has 5 nitrogen and oxygen atoms in total. The Morgan fingerprint density at radius 1 is 1.20 bits per heavy atom. The summed E-state index contributed by atoms with van der Waals surface area (Å²) in [5.41, 5.74) is 2.33. The maximum absolute atomic E-state index is 4.30. The van der Waals surface area contributed by atoms with Crippen molar-refractivity contribution in [1.82, 2.24) is 24.9 Å². The fourth-order valence-corrected chi connectivity index (χ4v) is 2.16. The SMILES string of the molecule is Cc1cnc(-c2ncnc3nc[nH]c23)s1. The van der Waals surface area contributed by atoms with Gasteiger partial charge in [0.05, 0.1) is 6.33 Å². The largest absolute Gasteiger partial charge is 0.341 e. The van der Waals surface area contributed by atoms with Gasteiger partial charge in [-0.05, 0) is 6.92 Å². The summed E-state index contributed by atoms with van der Waals surface area (Å²) >= 11 is 1.61. The summed E-state index contributed by atoms with van der Waals surface area (Å²) in [5.74, 6) is 0. The molecule has 0 atom stereocenters. The van der Waals surface area contributed by atoms with Crippen molar-refractivity contribution in [3.63, 3.8) is 0 Å². The lowest BCUT2D eigenvalue weighted by molar-refractivity contribution is 1.19. The fraction of sp³-hybridized carbons (Fsp3) is 0.111. The number of aryl methyl sites for hydroxylation is 1. The Balaban J connectivity index is 2.30. The van der Waals surface area contributed by atoms with Crippen LogP contribution in [0.2, 0.25) is 0 Å². The number of aromatic nitrogens is 5. The third kappa shape index (κ3) is 1.30. The predicted molar refractivity (Wildman–Crippen MR) is 57.5 cm³/mol. The van der Waals surface area contributed by atoms with Crippen molar-refractivity contribution >= 4 is 22.5 Å². The van der Waals surface area contributed by atoms with Gasteiger partial charge >= 0.3 is 0 Å². The molecule has 0 saturated heterocycles. The van der Waals surface area contributed by atoms with Gasteiger partial charge in [-0.15, -0.1) is 11.3 Å². The van der Waals surface area contributed by atoms with E-state index in [1.165, 1.54) is 6.33 Å². The summed E-state index contributed by atoms with van der Waals surface area (Å²) in [6, 6.07) is 0. The number of rotatable bonds is 1. The smallest absolute Gasteiger partial charge is 0.181 e. The van der Waals surface area contributed by atoms with Crippen molar-refractivity contribution in [2.24, 2.45) is 0 Å². The first-order chi connectivity index (χ1) is 7.34. The normalized spacial score (nSPS) is 11.0. The molecule has 3 aromatic rings. The Bertz CT molecular complexity index is 612. The minimum atomic E-state index is 0.674. The maximum atomic E-state index is 4.30. The lowest BCUT2D eigenvalue weighted by atomic mass is 10.4. The van der Waals surface area contributed by atoms with Crippen LogP contribution >= 0.6 is 11.3 Å². The van der Waals surface area contributed by atoms with Crippen molar-refractivity contribution in [1.29, 1.82) is 0 Å². The summed E-state index contributed by atoms with van der Waals surface area (Å²) in [7, 11) is 0. The number of nitrogens with one attached hydrogen (secondary N) is 1. The third-order valence-corrected chi connectivity index (χ3v) is 2.97. The van der Waals surface area contributed by atoms with Crippen LogP contribution in [0.15, 0.2) is 18.9 Å². The number of H-pyrrole nitrogens is 1. The van der Waals surface area contributed by atoms with Crippen LogP contribution in [0.3, 0.4) is 0 Å². The quantitative estimate of drug-likeness (QED) is 0.674. The topological polar surface area (TPSA) is 67.3 Å². The Kier molecular flexibility index (Phi) is 1.75.